The second-order valence-corrected chi connectivity index (χ2v) is 4.49. The molecule has 3 heteroatoms. The highest BCUT2D eigenvalue weighted by molar-refractivity contribution is 5.17. The highest BCUT2D eigenvalue weighted by Crippen LogP contribution is 2.23. The van der Waals surface area contributed by atoms with Crippen molar-refractivity contribution in [3.8, 4) is 0 Å². The largest absolute Gasteiger partial charge is 0.331 e. The molecule has 0 amide bonds. The van der Waals surface area contributed by atoms with E-state index in [1.807, 2.05) is 13.4 Å². The van der Waals surface area contributed by atoms with Crippen molar-refractivity contribution < 1.29 is 0 Å². The molecule has 1 N–H and O–H groups in total. The van der Waals surface area contributed by atoms with Gasteiger partial charge in [-0.2, -0.15) is 0 Å². The number of imidazole rings is 1. The Morgan fingerprint density at radius 3 is 3.07 bits per heavy atom. The predicted octanol–water partition coefficient (Wildman–Crippen LogP) is 1.93. The Kier molecular flexibility index (Phi) is 3.41. The molecule has 1 aliphatic carbocycles. The lowest BCUT2D eigenvalue weighted by Gasteiger charge is -2.19. The van der Waals surface area contributed by atoms with Gasteiger partial charge in [-0.15, -0.1) is 0 Å². The highest BCUT2D eigenvalue weighted by Gasteiger charge is 2.17. The Bertz CT molecular complexity index is 317. The first kappa shape index (κ1) is 10.7. The molecule has 1 atom stereocenters. The SMILES string of the molecule is CNCCC(C)n1cnc2c1CCCC2. The van der Waals surface area contributed by atoms with Crippen LogP contribution in [0.15, 0.2) is 6.33 Å². The van der Waals surface area contributed by atoms with Crippen molar-refractivity contribution in [2.45, 2.75) is 45.1 Å². The van der Waals surface area contributed by atoms with Crippen LogP contribution in [-0.2, 0) is 12.8 Å². The molecule has 0 aliphatic heterocycles. The maximum atomic E-state index is 4.53. The number of nitrogens with one attached hydrogen (secondary N) is 1. The molecular formula is C12H21N3. The van der Waals surface area contributed by atoms with Crippen LogP contribution >= 0.6 is 0 Å². The molecule has 3 nitrogen and oxygen atoms in total. The zero-order valence-electron chi connectivity index (χ0n) is 9.79. The zero-order chi connectivity index (χ0) is 10.7. The van der Waals surface area contributed by atoms with E-state index in [1.165, 1.54) is 43.5 Å². The van der Waals surface area contributed by atoms with Gasteiger partial charge in [0.2, 0.25) is 0 Å². The fraction of sp³-hybridized carbons (Fsp3) is 0.750. The van der Waals surface area contributed by atoms with E-state index in [9.17, 15) is 0 Å². The predicted molar refractivity (Wildman–Crippen MR) is 62.1 cm³/mol. The summed E-state index contributed by atoms with van der Waals surface area (Å²) in [7, 11) is 2.01. The standard InChI is InChI=1S/C12H21N3/c1-10(7-8-13-2)15-9-14-11-5-3-4-6-12(11)15/h9-10,13H,3-8H2,1-2H3. The molecule has 1 aliphatic rings. The van der Waals surface area contributed by atoms with E-state index < -0.39 is 0 Å². The highest BCUT2D eigenvalue weighted by atomic mass is 15.1. The van der Waals surface area contributed by atoms with Crippen molar-refractivity contribution in [3.63, 3.8) is 0 Å². The number of rotatable bonds is 4. The van der Waals surface area contributed by atoms with E-state index in [-0.39, 0.29) is 0 Å². The summed E-state index contributed by atoms with van der Waals surface area (Å²) in [4.78, 5) is 4.53. The fourth-order valence-corrected chi connectivity index (χ4v) is 2.36. The summed E-state index contributed by atoms with van der Waals surface area (Å²) in [6, 6.07) is 0.576. The number of aromatic nitrogens is 2. The first-order valence-electron chi connectivity index (χ1n) is 6.02. The third kappa shape index (κ3) is 2.23. The van der Waals surface area contributed by atoms with Gasteiger partial charge < -0.3 is 9.88 Å². The van der Waals surface area contributed by atoms with Gasteiger partial charge in [0.1, 0.15) is 0 Å². The van der Waals surface area contributed by atoms with Crippen LogP contribution in [0.25, 0.3) is 0 Å². The topological polar surface area (TPSA) is 29.9 Å². The summed E-state index contributed by atoms with van der Waals surface area (Å²) in [5.41, 5.74) is 2.84. The Morgan fingerprint density at radius 2 is 2.27 bits per heavy atom. The Balaban J connectivity index is 2.10. The van der Waals surface area contributed by atoms with Crippen molar-refractivity contribution in [1.82, 2.24) is 14.9 Å². The summed E-state index contributed by atoms with van der Waals surface area (Å²) in [5, 5.41) is 3.21. The molecule has 1 aromatic heterocycles. The van der Waals surface area contributed by atoms with Crippen LogP contribution in [0.1, 0.15) is 43.6 Å². The van der Waals surface area contributed by atoms with Crippen molar-refractivity contribution >= 4 is 0 Å². The first-order valence-corrected chi connectivity index (χ1v) is 6.02. The summed E-state index contributed by atoms with van der Waals surface area (Å²) < 4.78 is 2.38. The van der Waals surface area contributed by atoms with Crippen LogP contribution < -0.4 is 5.32 Å². The Labute approximate surface area is 91.9 Å². The van der Waals surface area contributed by atoms with Crippen LogP contribution in [0, 0.1) is 0 Å². The number of nitrogens with zero attached hydrogens (tertiary/aromatic N) is 2. The molecule has 0 bridgehead atoms. The van der Waals surface area contributed by atoms with Crippen LogP contribution in [0.2, 0.25) is 0 Å². The third-order valence-electron chi connectivity index (χ3n) is 3.35. The summed E-state index contributed by atoms with van der Waals surface area (Å²) in [6.07, 6.45) is 8.27. The third-order valence-corrected chi connectivity index (χ3v) is 3.35. The molecule has 2 rings (SSSR count). The molecule has 0 saturated heterocycles. The van der Waals surface area contributed by atoms with Crippen molar-refractivity contribution in [3.05, 3.63) is 17.7 Å². The molecule has 0 radical (unpaired) electrons. The maximum absolute atomic E-state index is 4.53. The van der Waals surface area contributed by atoms with Gasteiger partial charge in [0, 0.05) is 11.7 Å². The smallest absolute Gasteiger partial charge is 0.0954 e. The number of hydrogen-bond donors (Lipinski definition) is 1. The van der Waals surface area contributed by atoms with Gasteiger partial charge in [-0.3, -0.25) is 0 Å². The van der Waals surface area contributed by atoms with Gasteiger partial charge in [-0.1, -0.05) is 0 Å². The Morgan fingerprint density at radius 1 is 1.47 bits per heavy atom. The average Bonchev–Trinajstić information content (AvgIpc) is 2.69. The van der Waals surface area contributed by atoms with Gasteiger partial charge in [-0.05, 0) is 52.6 Å². The van der Waals surface area contributed by atoms with Gasteiger partial charge in [0.25, 0.3) is 0 Å². The van der Waals surface area contributed by atoms with Crippen molar-refractivity contribution in [2.75, 3.05) is 13.6 Å². The molecule has 84 valence electrons. The summed E-state index contributed by atoms with van der Waals surface area (Å²) >= 11 is 0. The molecule has 0 aromatic carbocycles. The minimum Gasteiger partial charge on any atom is -0.331 e. The molecule has 0 spiro atoms. The van der Waals surface area contributed by atoms with E-state index in [2.05, 4.69) is 21.8 Å². The van der Waals surface area contributed by atoms with Crippen LogP contribution in [0.5, 0.6) is 0 Å². The van der Waals surface area contributed by atoms with Gasteiger partial charge in [0.15, 0.2) is 0 Å². The van der Waals surface area contributed by atoms with Gasteiger partial charge in [-0.25, -0.2) is 4.98 Å². The lowest BCUT2D eigenvalue weighted by atomic mass is 10.0. The molecule has 15 heavy (non-hydrogen) atoms. The molecular weight excluding hydrogens is 186 g/mol. The summed E-state index contributed by atoms with van der Waals surface area (Å²) in [6.45, 7) is 3.36. The second kappa shape index (κ2) is 4.79. The number of aryl methyl sites for hydroxylation is 1. The van der Waals surface area contributed by atoms with E-state index in [0.717, 1.165) is 6.54 Å². The first-order chi connectivity index (χ1) is 7.33. The van der Waals surface area contributed by atoms with Gasteiger partial charge >= 0.3 is 0 Å². The van der Waals surface area contributed by atoms with Crippen LogP contribution in [0.3, 0.4) is 0 Å². The molecule has 1 aromatic rings. The second-order valence-electron chi connectivity index (χ2n) is 4.49. The normalized spacial score (nSPS) is 17.5. The monoisotopic (exact) mass is 207 g/mol. The molecule has 1 unspecified atom stereocenters. The van der Waals surface area contributed by atoms with E-state index in [4.69, 9.17) is 0 Å². The van der Waals surface area contributed by atoms with Crippen LogP contribution in [-0.4, -0.2) is 23.1 Å². The molecule has 0 fully saturated rings. The van der Waals surface area contributed by atoms with E-state index in [0.29, 0.717) is 6.04 Å². The molecule has 1 heterocycles. The van der Waals surface area contributed by atoms with Crippen LogP contribution in [0.4, 0.5) is 0 Å². The Hall–Kier alpha value is -0.830. The minimum absolute atomic E-state index is 0.576. The zero-order valence-corrected chi connectivity index (χ0v) is 9.79. The minimum atomic E-state index is 0.576. The maximum Gasteiger partial charge on any atom is 0.0954 e. The average molecular weight is 207 g/mol. The van der Waals surface area contributed by atoms with Crippen molar-refractivity contribution in [1.29, 1.82) is 0 Å². The summed E-state index contributed by atoms with van der Waals surface area (Å²) in [5.74, 6) is 0. The quantitative estimate of drug-likeness (QED) is 0.817. The number of hydrogen-bond acceptors (Lipinski definition) is 2. The molecule has 0 saturated carbocycles. The lowest BCUT2D eigenvalue weighted by Crippen LogP contribution is -2.16. The van der Waals surface area contributed by atoms with E-state index >= 15 is 0 Å². The fourth-order valence-electron chi connectivity index (χ4n) is 2.36. The van der Waals surface area contributed by atoms with Gasteiger partial charge in [0.05, 0.1) is 12.0 Å². The van der Waals surface area contributed by atoms with Crippen molar-refractivity contribution in [2.24, 2.45) is 0 Å². The van der Waals surface area contributed by atoms with E-state index in [1.54, 1.807) is 0 Å². The number of fused-ring (bicyclic) bond motifs is 1. The lowest BCUT2D eigenvalue weighted by molar-refractivity contribution is 0.472.